The zero-order valence-corrected chi connectivity index (χ0v) is 9.87. The van der Waals surface area contributed by atoms with Crippen LogP contribution in [-0.2, 0) is 4.79 Å². The Labute approximate surface area is 108 Å². The molecule has 0 bridgehead atoms. The summed E-state index contributed by atoms with van der Waals surface area (Å²) in [5.74, 6) is -0.915. The van der Waals surface area contributed by atoms with Gasteiger partial charge in [0.25, 0.3) is 5.69 Å². The highest BCUT2D eigenvalue weighted by Gasteiger charge is 2.36. The average molecular weight is 261 g/mol. The van der Waals surface area contributed by atoms with Crippen LogP contribution in [0.5, 0.6) is 0 Å². The molecule has 0 aliphatic heterocycles. The third-order valence-corrected chi connectivity index (χ3v) is 3.00. The number of carboxylic acid groups (broad SMARTS) is 1. The molecule has 98 valence electrons. The lowest BCUT2D eigenvalue weighted by Gasteiger charge is -2.14. The minimum atomic E-state index is -0.977. The lowest BCUT2D eigenvalue weighted by Crippen LogP contribution is -2.31. The molecule has 2 N–H and O–H groups in total. The van der Waals surface area contributed by atoms with Gasteiger partial charge in [0.05, 0.1) is 4.92 Å². The molecule has 1 saturated carbocycles. The fourth-order valence-corrected chi connectivity index (χ4v) is 1.86. The Kier molecular flexibility index (Phi) is 3.33. The van der Waals surface area contributed by atoms with Gasteiger partial charge in [0.2, 0.25) is 0 Å². The summed E-state index contributed by atoms with van der Waals surface area (Å²) in [5.41, 5.74) is -0.0358. The van der Waals surface area contributed by atoms with Gasteiger partial charge in [-0.3, -0.25) is 10.1 Å². The van der Waals surface area contributed by atoms with Crippen LogP contribution in [0, 0.1) is 27.4 Å². The van der Waals surface area contributed by atoms with E-state index >= 15 is 0 Å². The van der Waals surface area contributed by atoms with Crippen molar-refractivity contribution in [3.63, 3.8) is 0 Å². The van der Waals surface area contributed by atoms with E-state index in [1.165, 1.54) is 18.2 Å². The van der Waals surface area contributed by atoms with Crippen LogP contribution in [0.1, 0.15) is 18.4 Å². The van der Waals surface area contributed by atoms with Crippen LogP contribution in [0.15, 0.2) is 18.2 Å². The molecule has 0 radical (unpaired) electrons. The molecular weight excluding hydrogens is 250 g/mol. The number of nitrogens with zero attached hydrogens (tertiary/aromatic N) is 2. The van der Waals surface area contributed by atoms with Crippen molar-refractivity contribution in [1.82, 2.24) is 0 Å². The number of nitrogens with one attached hydrogen (secondary N) is 1. The first kappa shape index (κ1) is 12.8. The number of anilines is 1. The minimum absolute atomic E-state index is 0.0474. The highest BCUT2D eigenvalue weighted by atomic mass is 16.6. The van der Waals surface area contributed by atoms with E-state index in [1.54, 1.807) is 6.07 Å². The third kappa shape index (κ3) is 2.80. The lowest BCUT2D eigenvalue weighted by molar-refractivity contribution is -0.385. The molecular formula is C12H11N3O4. The number of carbonyl (C=O) groups is 1. The molecule has 1 aromatic rings. The second-order valence-corrected chi connectivity index (χ2v) is 4.40. The maximum absolute atomic E-state index is 11.1. The van der Waals surface area contributed by atoms with Gasteiger partial charge in [-0.25, -0.2) is 4.79 Å². The number of hydrogen-bond acceptors (Lipinski definition) is 5. The van der Waals surface area contributed by atoms with E-state index in [0.717, 1.165) is 12.8 Å². The van der Waals surface area contributed by atoms with Gasteiger partial charge in [0, 0.05) is 11.8 Å². The number of rotatable bonds is 5. The van der Waals surface area contributed by atoms with E-state index in [2.05, 4.69) is 5.32 Å². The monoisotopic (exact) mass is 261 g/mol. The van der Waals surface area contributed by atoms with Gasteiger partial charge in [0.1, 0.15) is 17.7 Å². The molecule has 1 aliphatic rings. The van der Waals surface area contributed by atoms with Gasteiger partial charge in [-0.05, 0) is 30.9 Å². The van der Waals surface area contributed by atoms with Crippen LogP contribution in [0.25, 0.3) is 0 Å². The largest absolute Gasteiger partial charge is 0.480 e. The Morgan fingerprint density at radius 1 is 1.58 bits per heavy atom. The fraction of sp³-hybridized carbons (Fsp3) is 0.333. The van der Waals surface area contributed by atoms with Crippen LogP contribution in [0.2, 0.25) is 0 Å². The number of hydrogen-bond donors (Lipinski definition) is 2. The number of nitro benzene ring substituents is 1. The molecule has 7 nitrogen and oxygen atoms in total. The van der Waals surface area contributed by atoms with Crippen molar-refractivity contribution < 1.29 is 14.8 Å². The van der Waals surface area contributed by atoms with E-state index in [9.17, 15) is 14.9 Å². The minimum Gasteiger partial charge on any atom is -0.480 e. The zero-order chi connectivity index (χ0) is 14.0. The number of carboxylic acids is 1. The SMILES string of the molecule is N#Cc1ccc(NC(C(=O)O)C2CC2)cc1[N+](=O)[O-]. The average Bonchev–Trinajstić information content (AvgIpc) is 3.19. The third-order valence-electron chi connectivity index (χ3n) is 3.00. The smallest absolute Gasteiger partial charge is 0.326 e. The topological polar surface area (TPSA) is 116 Å². The summed E-state index contributed by atoms with van der Waals surface area (Å²) in [4.78, 5) is 21.2. The van der Waals surface area contributed by atoms with E-state index in [-0.39, 0.29) is 17.2 Å². The molecule has 1 aromatic carbocycles. The summed E-state index contributed by atoms with van der Waals surface area (Å²) in [6.07, 6.45) is 1.67. The lowest BCUT2D eigenvalue weighted by atomic mass is 10.1. The molecule has 0 amide bonds. The summed E-state index contributed by atoms with van der Waals surface area (Å²) >= 11 is 0. The molecule has 7 heteroatoms. The predicted molar refractivity (Wildman–Crippen MR) is 65.6 cm³/mol. The van der Waals surface area contributed by atoms with Crippen molar-refractivity contribution in [2.75, 3.05) is 5.32 Å². The van der Waals surface area contributed by atoms with Gasteiger partial charge in [-0.1, -0.05) is 0 Å². The van der Waals surface area contributed by atoms with Crippen LogP contribution in [0.3, 0.4) is 0 Å². The highest BCUT2D eigenvalue weighted by Crippen LogP contribution is 2.35. The van der Waals surface area contributed by atoms with Gasteiger partial charge >= 0.3 is 5.97 Å². The van der Waals surface area contributed by atoms with Gasteiger partial charge in [-0.2, -0.15) is 5.26 Å². The second-order valence-electron chi connectivity index (χ2n) is 4.40. The van der Waals surface area contributed by atoms with Crippen molar-refractivity contribution in [3.05, 3.63) is 33.9 Å². The standard InChI is InChI=1S/C12H11N3O4/c13-6-8-3-4-9(5-10(8)15(18)19)14-11(12(16)17)7-1-2-7/h3-5,7,11,14H,1-2H2,(H,16,17). The van der Waals surface area contributed by atoms with E-state index in [4.69, 9.17) is 10.4 Å². The first-order valence-electron chi connectivity index (χ1n) is 5.71. The Morgan fingerprint density at radius 2 is 2.26 bits per heavy atom. The first-order valence-corrected chi connectivity index (χ1v) is 5.71. The number of nitro groups is 1. The predicted octanol–water partition coefficient (Wildman–Crippen LogP) is 1.74. The van der Waals surface area contributed by atoms with E-state index in [0.29, 0.717) is 5.69 Å². The van der Waals surface area contributed by atoms with Crippen LogP contribution in [-0.4, -0.2) is 22.0 Å². The van der Waals surface area contributed by atoms with Gasteiger partial charge in [0.15, 0.2) is 0 Å². The summed E-state index contributed by atoms with van der Waals surface area (Å²) in [6.45, 7) is 0. The fourth-order valence-electron chi connectivity index (χ4n) is 1.86. The molecule has 0 aromatic heterocycles. The first-order chi connectivity index (χ1) is 9.02. The second kappa shape index (κ2) is 4.94. The molecule has 19 heavy (non-hydrogen) atoms. The van der Waals surface area contributed by atoms with Crippen molar-refractivity contribution in [3.8, 4) is 6.07 Å². The Hall–Kier alpha value is -2.62. The molecule has 1 aliphatic carbocycles. The summed E-state index contributed by atoms with van der Waals surface area (Å²) in [6, 6.07) is 4.97. The van der Waals surface area contributed by atoms with Gasteiger partial charge < -0.3 is 10.4 Å². The zero-order valence-electron chi connectivity index (χ0n) is 9.87. The maximum atomic E-state index is 11.1. The normalized spacial score (nSPS) is 15.3. The molecule has 0 heterocycles. The van der Waals surface area contributed by atoms with E-state index < -0.39 is 16.9 Å². The van der Waals surface area contributed by atoms with Crippen molar-refractivity contribution >= 4 is 17.3 Å². The molecule has 0 saturated heterocycles. The van der Waals surface area contributed by atoms with Crippen LogP contribution >= 0.6 is 0 Å². The van der Waals surface area contributed by atoms with Crippen LogP contribution < -0.4 is 5.32 Å². The molecule has 1 unspecified atom stereocenters. The Balaban J connectivity index is 2.25. The number of benzene rings is 1. The van der Waals surface area contributed by atoms with Gasteiger partial charge in [-0.15, -0.1) is 0 Å². The van der Waals surface area contributed by atoms with Crippen LogP contribution in [0.4, 0.5) is 11.4 Å². The Morgan fingerprint density at radius 3 is 2.74 bits per heavy atom. The molecule has 0 spiro atoms. The molecule has 1 atom stereocenters. The van der Waals surface area contributed by atoms with Crippen molar-refractivity contribution in [2.45, 2.75) is 18.9 Å². The summed E-state index contributed by atoms with van der Waals surface area (Å²) in [7, 11) is 0. The number of nitriles is 1. The highest BCUT2D eigenvalue weighted by molar-refractivity contribution is 5.78. The summed E-state index contributed by atoms with van der Waals surface area (Å²) in [5, 5.41) is 31.4. The van der Waals surface area contributed by atoms with E-state index in [1.807, 2.05) is 0 Å². The quantitative estimate of drug-likeness (QED) is 0.616. The summed E-state index contributed by atoms with van der Waals surface area (Å²) < 4.78 is 0. The molecule has 2 rings (SSSR count). The maximum Gasteiger partial charge on any atom is 0.326 e. The van der Waals surface area contributed by atoms with Crippen molar-refractivity contribution in [1.29, 1.82) is 5.26 Å². The molecule has 1 fully saturated rings. The number of aliphatic carboxylic acids is 1. The van der Waals surface area contributed by atoms with Crippen molar-refractivity contribution in [2.24, 2.45) is 5.92 Å². The Bertz CT molecular complexity index is 575.